The first-order chi connectivity index (χ1) is 12.5. The van der Waals surface area contributed by atoms with Crippen LogP contribution in [0.2, 0.25) is 0 Å². The highest BCUT2D eigenvalue weighted by Crippen LogP contribution is 2.39. The molecule has 4 amide bonds. The quantitative estimate of drug-likeness (QED) is 0.802. The molecule has 7 nitrogen and oxygen atoms in total. The van der Waals surface area contributed by atoms with E-state index in [1.165, 1.54) is 0 Å². The minimum Gasteiger partial charge on any atom is -0.375 e. The van der Waals surface area contributed by atoms with Crippen LogP contribution < -0.4 is 5.32 Å². The highest BCUT2D eigenvalue weighted by Gasteiger charge is 2.54. The molecule has 2 saturated heterocycles. The number of rotatable bonds is 2. The Morgan fingerprint density at radius 3 is 2.96 bits per heavy atom. The number of carbonyl (C=O) groups excluding carboxylic acids is 3. The van der Waals surface area contributed by atoms with Gasteiger partial charge in [-0.2, -0.15) is 0 Å². The van der Waals surface area contributed by atoms with Gasteiger partial charge < -0.3 is 15.0 Å². The van der Waals surface area contributed by atoms with Gasteiger partial charge in [-0.05, 0) is 37.3 Å². The van der Waals surface area contributed by atoms with E-state index >= 15 is 0 Å². The van der Waals surface area contributed by atoms with Crippen LogP contribution in [0.3, 0.4) is 0 Å². The molecule has 7 heteroatoms. The number of benzene rings is 1. The van der Waals surface area contributed by atoms with Gasteiger partial charge in [0.1, 0.15) is 12.1 Å². The Morgan fingerprint density at radius 1 is 1.35 bits per heavy atom. The molecule has 4 rings (SSSR count). The van der Waals surface area contributed by atoms with Gasteiger partial charge in [-0.1, -0.05) is 24.3 Å². The first-order valence-electron chi connectivity index (χ1n) is 9.13. The lowest BCUT2D eigenvalue weighted by Crippen LogP contribution is -2.50. The minimum atomic E-state index is -1.02. The van der Waals surface area contributed by atoms with Gasteiger partial charge in [-0.15, -0.1) is 0 Å². The highest BCUT2D eigenvalue weighted by molar-refractivity contribution is 6.09. The number of ether oxygens (including phenoxy) is 1. The summed E-state index contributed by atoms with van der Waals surface area (Å²) in [5.41, 5.74) is 0.923. The summed E-state index contributed by atoms with van der Waals surface area (Å²) < 4.78 is 5.45. The van der Waals surface area contributed by atoms with Gasteiger partial charge in [0.05, 0.1) is 12.7 Å². The average Bonchev–Trinajstić information content (AvgIpc) is 2.87. The highest BCUT2D eigenvalue weighted by atomic mass is 16.5. The van der Waals surface area contributed by atoms with E-state index in [0.717, 1.165) is 28.9 Å². The molecule has 26 heavy (non-hydrogen) atoms. The van der Waals surface area contributed by atoms with E-state index in [1.807, 2.05) is 31.2 Å². The van der Waals surface area contributed by atoms with E-state index in [9.17, 15) is 14.4 Å². The SMILES string of the molecule is CC1CN(C(=O)CN2C(=O)NC3(CCCc4ccccc43)C2=O)CCO1. The fourth-order valence-electron chi connectivity index (χ4n) is 4.24. The lowest BCUT2D eigenvalue weighted by atomic mass is 9.76. The van der Waals surface area contributed by atoms with E-state index in [4.69, 9.17) is 4.74 Å². The number of nitrogens with one attached hydrogen (secondary N) is 1. The molecule has 1 aromatic carbocycles. The normalized spacial score (nSPS) is 28.3. The topological polar surface area (TPSA) is 79.0 Å². The number of hydrogen-bond acceptors (Lipinski definition) is 4. The summed E-state index contributed by atoms with van der Waals surface area (Å²) in [6.45, 7) is 3.13. The van der Waals surface area contributed by atoms with Crippen molar-refractivity contribution in [3.05, 3.63) is 35.4 Å². The zero-order chi connectivity index (χ0) is 18.3. The van der Waals surface area contributed by atoms with Crippen LogP contribution in [0, 0.1) is 0 Å². The fourth-order valence-corrected chi connectivity index (χ4v) is 4.24. The molecule has 3 aliphatic rings. The molecule has 1 spiro atoms. The predicted molar refractivity (Wildman–Crippen MR) is 93.3 cm³/mol. The number of carbonyl (C=O) groups is 3. The molecule has 0 bridgehead atoms. The molecule has 2 atom stereocenters. The second-order valence-electron chi connectivity index (χ2n) is 7.26. The summed E-state index contributed by atoms with van der Waals surface area (Å²) in [6.07, 6.45) is 2.25. The van der Waals surface area contributed by atoms with Crippen molar-refractivity contribution in [2.45, 2.75) is 37.8 Å². The fraction of sp³-hybridized carbons (Fsp3) is 0.526. The standard InChI is InChI=1S/C19H23N3O4/c1-13-11-21(9-10-26-13)16(23)12-22-17(24)19(20-18(22)25)8-4-6-14-5-2-3-7-15(14)19/h2-3,5,7,13H,4,6,8-12H2,1H3,(H,20,25). The van der Waals surface area contributed by atoms with Crippen molar-refractivity contribution in [2.24, 2.45) is 0 Å². The monoisotopic (exact) mass is 357 g/mol. The van der Waals surface area contributed by atoms with Crippen LogP contribution in [0.15, 0.2) is 24.3 Å². The molecule has 2 unspecified atom stereocenters. The molecule has 138 valence electrons. The molecule has 0 aromatic heterocycles. The van der Waals surface area contributed by atoms with Gasteiger partial charge in [0, 0.05) is 13.1 Å². The molecule has 2 fully saturated rings. The van der Waals surface area contributed by atoms with Gasteiger partial charge in [0.15, 0.2) is 0 Å². The van der Waals surface area contributed by atoms with E-state index in [1.54, 1.807) is 4.90 Å². The van der Waals surface area contributed by atoms with Gasteiger partial charge >= 0.3 is 6.03 Å². The summed E-state index contributed by atoms with van der Waals surface area (Å²) in [6, 6.07) is 7.25. The Balaban J connectivity index is 1.56. The van der Waals surface area contributed by atoms with E-state index in [-0.39, 0.29) is 24.5 Å². The number of aryl methyl sites for hydroxylation is 1. The third-order valence-corrected chi connectivity index (χ3v) is 5.54. The molecule has 2 aliphatic heterocycles. The summed E-state index contributed by atoms with van der Waals surface area (Å²) in [7, 11) is 0. The van der Waals surface area contributed by atoms with Crippen molar-refractivity contribution in [3.8, 4) is 0 Å². The third-order valence-electron chi connectivity index (χ3n) is 5.54. The Kier molecular flexibility index (Phi) is 4.19. The van der Waals surface area contributed by atoms with Crippen molar-refractivity contribution in [1.82, 2.24) is 15.1 Å². The van der Waals surface area contributed by atoms with Crippen LogP contribution in [0.5, 0.6) is 0 Å². The van der Waals surface area contributed by atoms with Crippen LogP contribution >= 0.6 is 0 Å². The van der Waals surface area contributed by atoms with Crippen molar-refractivity contribution < 1.29 is 19.1 Å². The van der Waals surface area contributed by atoms with Gasteiger partial charge in [-0.25, -0.2) is 4.79 Å². The van der Waals surface area contributed by atoms with Crippen molar-refractivity contribution in [2.75, 3.05) is 26.2 Å². The summed E-state index contributed by atoms with van der Waals surface area (Å²) in [5.74, 6) is -0.533. The first kappa shape index (κ1) is 17.0. The minimum absolute atomic E-state index is 0.0348. The number of hydrogen-bond donors (Lipinski definition) is 1. The predicted octanol–water partition coefficient (Wildman–Crippen LogP) is 1.02. The molecule has 0 saturated carbocycles. The third kappa shape index (κ3) is 2.67. The molecule has 1 aromatic rings. The van der Waals surface area contributed by atoms with Gasteiger partial charge in [-0.3, -0.25) is 14.5 Å². The molecular weight excluding hydrogens is 334 g/mol. The van der Waals surface area contributed by atoms with Crippen LogP contribution in [0.25, 0.3) is 0 Å². The Bertz CT molecular complexity index is 765. The Morgan fingerprint density at radius 2 is 2.15 bits per heavy atom. The second kappa shape index (κ2) is 6.39. The number of fused-ring (bicyclic) bond motifs is 2. The maximum absolute atomic E-state index is 13.2. The number of nitrogens with zero attached hydrogens (tertiary/aromatic N) is 2. The Hall–Kier alpha value is -2.41. The lowest BCUT2D eigenvalue weighted by Gasteiger charge is -2.34. The lowest BCUT2D eigenvalue weighted by molar-refractivity contribution is -0.143. The zero-order valence-electron chi connectivity index (χ0n) is 14.9. The number of amides is 4. The summed E-state index contributed by atoms with van der Waals surface area (Å²) in [5, 5.41) is 2.88. The van der Waals surface area contributed by atoms with E-state index < -0.39 is 11.6 Å². The van der Waals surface area contributed by atoms with Crippen molar-refractivity contribution in [1.29, 1.82) is 0 Å². The molecule has 1 aliphatic carbocycles. The first-order valence-corrected chi connectivity index (χ1v) is 9.13. The Labute approximate surface area is 152 Å². The number of morpholine rings is 1. The molecule has 0 radical (unpaired) electrons. The largest absolute Gasteiger partial charge is 0.375 e. The number of urea groups is 1. The smallest absolute Gasteiger partial charge is 0.325 e. The van der Waals surface area contributed by atoms with Gasteiger partial charge in [0.2, 0.25) is 5.91 Å². The molecular formula is C19H23N3O4. The summed E-state index contributed by atoms with van der Waals surface area (Å²) in [4.78, 5) is 41.1. The van der Waals surface area contributed by atoms with E-state index in [2.05, 4.69) is 5.32 Å². The van der Waals surface area contributed by atoms with Crippen LogP contribution in [-0.4, -0.2) is 60.0 Å². The zero-order valence-corrected chi connectivity index (χ0v) is 14.9. The average molecular weight is 357 g/mol. The van der Waals surface area contributed by atoms with E-state index in [0.29, 0.717) is 26.1 Å². The van der Waals surface area contributed by atoms with Gasteiger partial charge in [0.25, 0.3) is 5.91 Å². The van der Waals surface area contributed by atoms with Crippen LogP contribution in [-0.2, 0) is 26.3 Å². The summed E-state index contributed by atoms with van der Waals surface area (Å²) >= 11 is 0. The van der Waals surface area contributed by atoms with Crippen molar-refractivity contribution in [3.63, 3.8) is 0 Å². The molecule has 2 heterocycles. The number of imide groups is 1. The van der Waals surface area contributed by atoms with Crippen molar-refractivity contribution >= 4 is 17.8 Å². The van der Waals surface area contributed by atoms with Crippen LogP contribution in [0.1, 0.15) is 30.9 Å². The van der Waals surface area contributed by atoms with Crippen LogP contribution in [0.4, 0.5) is 4.79 Å². The second-order valence-corrected chi connectivity index (χ2v) is 7.26. The molecule has 1 N–H and O–H groups in total. The maximum atomic E-state index is 13.2. The maximum Gasteiger partial charge on any atom is 0.325 e.